The van der Waals surface area contributed by atoms with Crippen molar-refractivity contribution in [3.8, 4) is 0 Å². The van der Waals surface area contributed by atoms with Gasteiger partial charge in [-0.3, -0.25) is 9.59 Å². The highest BCUT2D eigenvalue weighted by Gasteiger charge is 2.28. The molecule has 0 unspecified atom stereocenters. The summed E-state index contributed by atoms with van der Waals surface area (Å²) in [5, 5.41) is 6.64. The van der Waals surface area contributed by atoms with E-state index in [0.717, 1.165) is 38.5 Å². The number of anilines is 2. The maximum absolute atomic E-state index is 12.1. The molecule has 8 nitrogen and oxygen atoms in total. The number of nitrogens with two attached hydrogens (primary N) is 1. The van der Waals surface area contributed by atoms with Gasteiger partial charge < -0.3 is 21.3 Å². The Hall–Kier alpha value is -2.38. The van der Waals surface area contributed by atoms with Gasteiger partial charge in [0.2, 0.25) is 11.9 Å². The molecule has 1 aromatic rings. The Morgan fingerprint density at radius 2 is 1.73 bits per heavy atom. The van der Waals surface area contributed by atoms with Crippen LogP contribution in [0.4, 0.5) is 11.8 Å². The van der Waals surface area contributed by atoms with Crippen molar-refractivity contribution in [3.05, 3.63) is 11.8 Å². The number of hydrogen-bond donors (Lipinski definition) is 3. The minimum Gasteiger partial charge on any atom is -0.367 e. The third-order valence-electron chi connectivity index (χ3n) is 5.35. The Balaban J connectivity index is 1.62. The first-order chi connectivity index (χ1) is 12.4. The maximum atomic E-state index is 12.1. The Morgan fingerprint density at radius 3 is 2.27 bits per heavy atom. The lowest BCUT2D eigenvalue weighted by Gasteiger charge is -2.30. The molecule has 0 aliphatic heterocycles. The molecule has 2 amide bonds. The smallest absolute Gasteiger partial charge is 0.254 e. The molecule has 26 heavy (non-hydrogen) atoms. The van der Waals surface area contributed by atoms with Crippen LogP contribution in [0.25, 0.3) is 0 Å². The average molecular weight is 360 g/mol. The molecule has 0 spiro atoms. The summed E-state index contributed by atoms with van der Waals surface area (Å²) in [4.78, 5) is 34.1. The molecule has 0 atom stereocenters. The van der Waals surface area contributed by atoms with E-state index in [1.54, 1.807) is 19.0 Å². The zero-order valence-electron chi connectivity index (χ0n) is 15.5. The van der Waals surface area contributed by atoms with Crippen LogP contribution in [0.5, 0.6) is 0 Å². The van der Waals surface area contributed by atoms with Crippen molar-refractivity contribution in [2.75, 3.05) is 24.7 Å². The van der Waals surface area contributed by atoms with Crippen LogP contribution in [0, 0.1) is 5.92 Å². The zero-order valence-corrected chi connectivity index (χ0v) is 15.5. The Kier molecular flexibility index (Phi) is 5.58. The predicted octanol–water partition coefficient (Wildman–Crippen LogP) is 1.60. The summed E-state index contributed by atoms with van der Waals surface area (Å²) in [7, 11) is 3.61. The molecule has 0 aromatic carbocycles. The van der Waals surface area contributed by atoms with E-state index in [2.05, 4.69) is 20.6 Å². The third-order valence-corrected chi connectivity index (χ3v) is 5.35. The van der Waals surface area contributed by atoms with Crippen LogP contribution in [-0.2, 0) is 4.79 Å². The first kappa shape index (κ1) is 18.4. The van der Waals surface area contributed by atoms with E-state index in [0.29, 0.717) is 23.4 Å². The van der Waals surface area contributed by atoms with Gasteiger partial charge >= 0.3 is 0 Å². The second-order valence-corrected chi connectivity index (χ2v) is 7.52. The van der Waals surface area contributed by atoms with E-state index < -0.39 is 5.91 Å². The molecule has 1 aromatic heterocycles. The number of carbonyl (C=O) groups is 2. The van der Waals surface area contributed by atoms with Gasteiger partial charge in [-0.2, -0.15) is 4.98 Å². The number of rotatable bonds is 6. The second kappa shape index (κ2) is 7.88. The first-order valence-corrected chi connectivity index (χ1v) is 9.35. The van der Waals surface area contributed by atoms with Crippen LogP contribution in [0.1, 0.15) is 55.3 Å². The zero-order chi connectivity index (χ0) is 18.7. The lowest BCUT2D eigenvalue weighted by atomic mass is 9.85. The van der Waals surface area contributed by atoms with Crippen LogP contribution >= 0.6 is 0 Å². The van der Waals surface area contributed by atoms with Gasteiger partial charge in [0, 0.05) is 38.3 Å². The van der Waals surface area contributed by atoms with E-state index >= 15 is 0 Å². The van der Waals surface area contributed by atoms with Crippen molar-refractivity contribution in [1.29, 1.82) is 0 Å². The van der Waals surface area contributed by atoms with Gasteiger partial charge in [-0.05, 0) is 44.9 Å². The predicted molar refractivity (Wildman–Crippen MR) is 99.9 cm³/mol. The third kappa shape index (κ3) is 4.23. The number of amides is 2. The number of aromatic nitrogens is 2. The number of primary amides is 1. The second-order valence-electron chi connectivity index (χ2n) is 7.52. The maximum Gasteiger partial charge on any atom is 0.254 e. The largest absolute Gasteiger partial charge is 0.367 e. The normalized spacial score (nSPS) is 23.0. The van der Waals surface area contributed by atoms with Crippen molar-refractivity contribution >= 4 is 23.6 Å². The van der Waals surface area contributed by atoms with Gasteiger partial charge in [-0.1, -0.05) is 0 Å². The Labute approximate surface area is 153 Å². The standard InChI is InChI=1S/C18H28N6O2/c1-24(2)17(26)11-6-8-13(9-7-11)22-18-20-10-14(15(19)25)16(23-18)21-12-4-3-5-12/h10-13H,3-9H2,1-2H3,(H2,19,25)(H2,20,21,22,23)/t11-,13-. The molecular weight excluding hydrogens is 332 g/mol. The van der Waals surface area contributed by atoms with Crippen molar-refractivity contribution < 1.29 is 9.59 Å². The summed E-state index contributed by atoms with van der Waals surface area (Å²) < 4.78 is 0. The van der Waals surface area contributed by atoms with Gasteiger partial charge in [0.15, 0.2) is 0 Å². The summed E-state index contributed by atoms with van der Waals surface area (Å²) in [5.74, 6) is 0.797. The highest BCUT2D eigenvalue weighted by molar-refractivity contribution is 5.97. The SMILES string of the molecule is CN(C)C(=O)[C@H]1CC[C@H](Nc2ncc(C(N)=O)c(NC3CCC3)n2)CC1. The average Bonchev–Trinajstić information content (AvgIpc) is 2.58. The Bertz CT molecular complexity index is 666. The minimum absolute atomic E-state index is 0.108. The molecule has 4 N–H and O–H groups in total. The molecule has 2 saturated carbocycles. The number of nitrogens with one attached hydrogen (secondary N) is 2. The molecule has 0 bridgehead atoms. The molecule has 1 heterocycles. The Morgan fingerprint density at radius 1 is 1.08 bits per heavy atom. The van der Waals surface area contributed by atoms with Crippen molar-refractivity contribution in [3.63, 3.8) is 0 Å². The fourth-order valence-corrected chi connectivity index (χ4v) is 3.52. The van der Waals surface area contributed by atoms with Crippen LogP contribution in [0.2, 0.25) is 0 Å². The van der Waals surface area contributed by atoms with Crippen LogP contribution in [-0.4, -0.2) is 52.9 Å². The van der Waals surface area contributed by atoms with Gasteiger partial charge in [-0.25, -0.2) is 4.98 Å². The molecule has 0 saturated heterocycles. The number of hydrogen-bond acceptors (Lipinski definition) is 6. The topological polar surface area (TPSA) is 113 Å². The molecule has 8 heteroatoms. The molecule has 2 aliphatic rings. The summed E-state index contributed by atoms with van der Waals surface area (Å²) in [5.41, 5.74) is 5.76. The van der Waals surface area contributed by atoms with Crippen LogP contribution in [0.15, 0.2) is 6.20 Å². The van der Waals surface area contributed by atoms with Gasteiger partial charge in [0.25, 0.3) is 5.91 Å². The van der Waals surface area contributed by atoms with Gasteiger partial charge in [0.05, 0.1) is 5.56 Å². The van der Waals surface area contributed by atoms with Crippen LogP contribution in [0.3, 0.4) is 0 Å². The molecule has 2 fully saturated rings. The van der Waals surface area contributed by atoms with Crippen molar-refractivity contribution in [1.82, 2.24) is 14.9 Å². The first-order valence-electron chi connectivity index (χ1n) is 9.35. The lowest BCUT2D eigenvalue weighted by molar-refractivity contribution is -0.133. The van der Waals surface area contributed by atoms with E-state index in [1.165, 1.54) is 12.6 Å². The highest BCUT2D eigenvalue weighted by atomic mass is 16.2. The highest BCUT2D eigenvalue weighted by Crippen LogP contribution is 2.28. The van der Waals surface area contributed by atoms with E-state index in [4.69, 9.17) is 5.73 Å². The van der Waals surface area contributed by atoms with Crippen molar-refractivity contribution in [2.24, 2.45) is 11.7 Å². The summed E-state index contributed by atoms with van der Waals surface area (Å²) in [6.45, 7) is 0. The van der Waals surface area contributed by atoms with Gasteiger partial charge in [0.1, 0.15) is 5.82 Å². The summed E-state index contributed by atoms with van der Waals surface area (Å²) in [6.07, 6.45) is 8.36. The fourth-order valence-electron chi connectivity index (χ4n) is 3.52. The van der Waals surface area contributed by atoms with E-state index in [-0.39, 0.29) is 17.9 Å². The quantitative estimate of drug-likeness (QED) is 0.710. The van der Waals surface area contributed by atoms with Gasteiger partial charge in [-0.15, -0.1) is 0 Å². The molecule has 3 rings (SSSR count). The van der Waals surface area contributed by atoms with E-state index in [1.807, 2.05) is 0 Å². The lowest BCUT2D eigenvalue weighted by Crippen LogP contribution is -2.35. The number of carbonyl (C=O) groups excluding carboxylic acids is 2. The molecular formula is C18H28N6O2. The van der Waals surface area contributed by atoms with Crippen molar-refractivity contribution in [2.45, 2.75) is 57.0 Å². The fraction of sp³-hybridized carbons (Fsp3) is 0.667. The molecule has 0 radical (unpaired) electrons. The minimum atomic E-state index is -0.527. The molecule has 2 aliphatic carbocycles. The van der Waals surface area contributed by atoms with Crippen LogP contribution < -0.4 is 16.4 Å². The van der Waals surface area contributed by atoms with E-state index in [9.17, 15) is 9.59 Å². The summed E-state index contributed by atoms with van der Waals surface area (Å²) >= 11 is 0. The molecule has 142 valence electrons. The number of nitrogens with zero attached hydrogens (tertiary/aromatic N) is 3. The summed E-state index contributed by atoms with van der Waals surface area (Å²) in [6, 6.07) is 0.584. The monoisotopic (exact) mass is 360 g/mol.